The standard InChI is InChI=1S/C40H37N5O2/c1-30-38(34-20-9-4-10-21-34)39-41-36(35-22-12-19-32(27-35)18-11-17-31-13-5-2-6-14-31)28-37(45(39)42-30)43-23-25-44(26-24-43)40(46)47-29-33-15-7-3-8-16-33/h2-16,18-22,27-28H,17,23-26,29H2,1H3/b18-11+. The zero-order valence-electron chi connectivity index (χ0n) is 26.5. The topological polar surface area (TPSA) is 63.0 Å². The molecule has 3 heterocycles. The van der Waals surface area contributed by atoms with Gasteiger partial charge in [0, 0.05) is 43.4 Å². The molecule has 0 bridgehead atoms. The maximum Gasteiger partial charge on any atom is 0.410 e. The van der Waals surface area contributed by atoms with Crippen molar-refractivity contribution >= 4 is 23.6 Å². The zero-order valence-corrected chi connectivity index (χ0v) is 26.5. The number of benzene rings is 4. The van der Waals surface area contributed by atoms with Gasteiger partial charge in [0.05, 0.1) is 11.4 Å². The number of carbonyl (C=O) groups excluding carboxylic acids is 1. The maximum atomic E-state index is 12.9. The van der Waals surface area contributed by atoms with Gasteiger partial charge < -0.3 is 14.5 Å². The van der Waals surface area contributed by atoms with E-state index in [-0.39, 0.29) is 12.7 Å². The summed E-state index contributed by atoms with van der Waals surface area (Å²) in [5.41, 5.74) is 9.14. The van der Waals surface area contributed by atoms with E-state index in [4.69, 9.17) is 14.8 Å². The third-order valence-electron chi connectivity index (χ3n) is 8.56. The minimum atomic E-state index is -0.285. The highest BCUT2D eigenvalue weighted by atomic mass is 16.6. The summed E-state index contributed by atoms with van der Waals surface area (Å²) in [6, 6.07) is 41.2. The maximum absolute atomic E-state index is 12.9. The molecule has 1 aliphatic heterocycles. The number of allylic oxidation sites excluding steroid dienone is 1. The van der Waals surface area contributed by atoms with E-state index in [1.165, 1.54) is 5.56 Å². The van der Waals surface area contributed by atoms with Crippen LogP contribution in [0.25, 0.3) is 34.1 Å². The number of hydrogen-bond acceptors (Lipinski definition) is 5. The van der Waals surface area contributed by atoms with Crippen LogP contribution in [0.15, 0.2) is 127 Å². The van der Waals surface area contributed by atoms with Gasteiger partial charge in [-0.2, -0.15) is 9.61 Å². The Kier molecular flexibility index (Phi) is 8.77. The van der Waals surface area contributed by atoms with Gasteiger partial charge in [-0.3, -0.25) is 0 Å². The van der Waals surface area contributed by atoms with Crippen molar-refractivity contribution in [2.45, 2.75) is 20.0 Å². The highest BCUT2D eigenvalue weighted by Crippen LogP contribution is 2.33. The molecule has 2 aromatic heterocycles. The molecule has 0 saturated carbocycles. The number of rotatable bonds is 8. The number of ether oxygens (including phenoxy) is 1. The Bertz CT molecular complexity index is 2000. The van der Waals surface area contributed by atoms with Crippen molar-refractivity contribution in [3.63, 3.8) is 0 Å². The van der Waals surface area contributed by atoms with Crippen LogP contribution >= 0.6 is 0 Å². The lowest BCUT2D eigenvalue weighted by Crippen LogP contribution is -2.49. The lowest BCUT2D eigenvalue weighted by Gasteiger charge is -2.35. The summed E-state index contributed by atoms with van der Waals surface area (Å²) in [5.74, 6) is 0.956. The number of hydrogen-bond donors (Lipinski definition) is 0. The Morgan fingerprint density at radius 2 is 1.43 bits per heavy atom. The van der Waals surface area contributed by atoms with E-state index >= 15 is 0 Å². The normalized spacial score (nSPS) is 13.4. The third-order valence-corrected chi connectivity index (χ3v) is 8.56. The van der Waals surface area contributed by atoms with E-state index in [1.54, 1.807) is 4.90 Å². The van der Waals surface area contributed by atoms with E-state index in [2.05, 4.69) is 83.8 Å². The molecule has 1 amide bonds. The van der Waals surface area contributed by atoms with Crippen molar-refractivity contribution in [3.05, 3.63) is 150 Å². The largest absolute Gasteiger partial charge is 0.445 e. The fraction of sp³-hybridized carbons (Fsp3) is 0.175. The molecule has 0 aliphatic carbocycles. The van der Waals surface area contributed by atoms with Crippen LogP contribution in [0.2, 0.25) is 0 Å². The summed E-state index contributed by atoms with van der Waals surface area (Å²) in [7, 11) is 0. The molecule has 7 rings (SSSR count). The van der Waals surface area contributed by atoms with E-state index in [0.717, 1.165) is 57.1 Å². The van der Waals surface area contributed by atoms with Crippen LogP contribution in [0.5, 0.6) is 0 Å². The molecule has 0 unspecified atom stereocenters. The van der Waals surface area contributed by atoms with Crippen LogP contribution in [0, 0.1) is 6.92 Å². The summed E-state index contributed by atoms with van der Waals surface area (Å²) >= 11 is 0. The van der Waals surface area contributed by atoms with Crippen LogP contribution in [-0.2, 0) is 17.8 Å². The molecule has 234 valence electrons. The van der Waals surface area contributed by atoms with Crippen molar-refractivity contribution in [2.75, 3.05) is 31.1 Å². The van der Waals surface area contributed by atoms with Gasteiger partial charge in [0.2, 0.25) is 0 Å². The average Bonchev–Trinajstić information content (AvgIpc) is 3.47. The van der Waals surface area contributed by atoms with Gasteiger partial charge >= 0.3 is 6.09 Å². The molecular weight excluding hydrogens is 582 g/mol. The summed E-state index contributed by atoms with van der Waals surface area (Å²) in [6.07, 6.45) is 4.97. The smallest absolute Gasteiger partial charge is 0.410 e. The van der Waals surface area contributed by atoms with E-state index < -0.39 is 0 Å². The molecular formula is C40H37N5O2. The van der Waals surface area contributed by atoms with E-state index in [0.29, 0.717) is 26.2 Å². The molecule has 0 atom stereocenters. The number of amides is 1. The molecule has 6 aromatic rings. The monoisotopic (exact) mass is 619 g/mol. The van der Waals surface area contributed by atoms with Crippen molar-refractivity contribution in [1.29, 1.82) is 0 Å². The van der Waals surface area contributed by atoms with Crippen molar-refractivity contribution < 1.29 is 9.53 Å². The van der Waals surface area contributed by atoms with Gasteiger partial charge in [-0.15, -0.1) is 0 Å². The summed E-state index contributed by atoms with van der Waals surface area (Å²) in [4.78, 5) is 22.2. The fourth-order valence-electron chi connectivity index (χ4n) is 6.10. The van der Waals surface area contributed by atoms with Gasteiger partial charge in [0.25, 0.3) is 0 Å². The number of aromatic nitrogens is 3. The number of nitrogens with zero attached hydrogens (tertiary/aromatic N) is 5. The Labute approximate surface area is 275 Å². The number of carbonyl (C=O) groups is 1. The SMILES string of the molecule is Cc1nn2c(N3CCN(C(=O)OCc4ccccc4)CC3)cc(-c3cccc(/C=C/Cc4ccccc4)c3)nc2c1-c1ccccc1. The summed E-state index contributed by atoms with van der Waals surface area (Å²) < 4.78 is 7.59. The highest BCUT2D eigenvalue weighted by Gasteiger charge is 2.26. The van der Waals surface area contributed by atoms with Gasteiger partial charge in [0.1, 0.15) is 12.4 Å². The first-order chi connectivity index (χ1) is 23.1. The Balaban J connectivity index is 1.18. The van der Waals surface area contributed by atoms with Crippen LogP contribution < -0.4 is 4.90 Å². The minimum Gasteiger partial charge on any atom is -0.445 e. The summed E-state index contributed by atoms with van der Waals surface area (Å²) in [5, 5.41) is 5.00. The molecule has 7 heteroatoms. The average molecular weight is 620 g/mol. The van der Waals surface area contributed by atoms with Crippen LogP contribution in [0.1, 0.15) is 22.4 Å². The first-order valence-corrected chi connectivity index (χ1v) is 16.1. The van der Waals surface area contributed by atoms with Gasteiger partial charge in [-0.1, -0.05) is 121 Å². The van der Waals surface area contributed by atoms with Crippen molar-refractivity contribution in [1.82, 2.24) is 19.5 Å². The lowest BCUT2D eigenvalue weighted by atomic mass is 10.0. The van der Waals surface area contributed by atoms with Crippen molar-refractivity contribution in [3.8, 4) is 22.4 Å². The lowest BCUT2D eigenvalue weighted by molar-refractivity contribution is 0.0941. The molecule has 0 spiro atoms. The van der Waals surface area contributed by atoms with Crippen LogP contribution in [-0.4, -0.2) is 51.8 Å². The predicted molar refractivity (Wildman–Crippen MR) is 188 cm³/mol. The Morgan fingerprint density at radius 3 is 2.15 bits per heavy atom. The molecule has 0 radical (unpaired) electrons. The highest BCUT2D eigenvalue weighted by molar-refractivity contribution is 5.83. The number of anilines is 1. The quantitative estimate of drug-likeness (QED) is 0.172. The zero-order chi connectivity index (χ0) is 32.0. The van der Waals surface area contributed by atoms with E-state index in [9.17, 15) is 4.79 Å². The Morgan fingerprint density at radius 1 is 0.766 bits per heavy atom. The van der Waals surface area contributed by atoms with Crippen LogP contribution in [0.3, 0.4) is 0 Å². The molecule has 47 heavy (non-hydrogen) atoms. The molecule has 7 nitrogen and oxygen atoms in total. The second-order valence-electron chi connectivity index (χ2n) is 11.8. The minimum absolute atomic E-state index is 0.267. The molecule has 0 N–H and O–H groups in total. The Hall–Kier alpha value is -5.69. The fourth-order valence-corrected chi connectivity index (χ4v) is 6.10. The molecule has 1 saturated heterocycles. The predicted octanol–water partition coefficient (Wildman–Crippen LogP) is 8.09. The van der Waals surface area contributed by atoms with Gasteiger partial charge in [-0.25, -0.2) is 9.78 Å². The third kappa shape index (κ3) is 6.79. The second-order valence-corrected chi connectivity index (χ2v) is 11.8. The van der Waals surface area contributed by atoms with Gasteiger partial charge in [0.15, 0.2) is 5.65 Å². The molecule has 1 fully saturated rings. The first-order valence-electron chi connectivity index (χ1n) is 16.1. The number of fused-ring (bicyclic) bond motifs is 1. The number of aryl methyl sites for hydroxylation is 1. The summed E-state index contributed by atoms with van der Waals surface area (Å²) in [6.45, 7) is 4.73. The second kappa shape index (κ2) is 13.7. The van der Waals surface area contributed by atoms with Crippen LogP contribution in [0.4, 0.5) is 10.6 Å². The first kappa shape index (κ1) is 30.0. The molecule has 1 aliphatic rings. The van der Waals surface area contributed by atoms with E-state index in [1.807, 2.05) is 66.0 Å². The van der Waals surface area contributed by atoms with Gasteiger partial charge in [-0.05, 0) is 41.7 Å². The number of piperazine rings is 1. The molecule has 4 aromatic carbocycles. The van der Waals surface area contributed by atoms with Crippen molar-refractivity contribution in [2.24, 2.45) is 0 Å².